The Morgan fingerprint density at radius 2 is 1.81 bits per heavy atom. The average molecular weight is 413 g/mol. The van der Waals surface area contributed by atoms with Crippen molar-refractivity contribution in [3.05, 3.63) is 71.2 Å². The van der Waals surface area contributed by atoms with Crippen LogP contribution in [0.5, 0.6) is 0 Å². The second-order valence-electron chi connectivity index (χ2n) is 8.41. The molecule has 0 bridgehead atoms. The number of ketones is 1. The molecule has 6 rings (SSSR count). The minimum absolute atomic E-state index is 0.0515. The summed E-state index contributed by atoms with van der Waals surface area (Å²) in [5.74, 6) is 1.67. The highest BCUT2D eigenvalue weighted by atomic mass is 16.5. The maximum absolute atomic E-state index is 13.6. The largest absolute Gasteiger partial charge is 0.469 e. The highest BCUT2D eigenvalue weighted by molar-refractivity contribution is 6.26. The molecule has 1 aliphatic heterocycles. The standard InChI is InChI=1S/C25H23N3O3/c1-27-10-12-28(13-11-27)20-15-16(8-9-17-5-4-14-30-17)21-22-23(20)26-31-25(22)19-7-3-2-6-18(19)24(21)29/h2-7,14-15H,8-13H2,1H3. The minimum atomic E-state index is 0.0515. The van der Waals surface area contributed by atoms with E-state index in [9.17, 15) is 4.79 Å². The quantitative estimate of drug-likeness (QED) is 0.441. The zero-order valence-electron chi connectivity index (χ0n) is 17.4. The first-order valence-corrected chi connectivity index (χ1v) is 10.8. The van der Waals surface area contributed by atoms with Gasteiger partial charge < -0.3 is 18.7 Å². The van der Waals surface area contributed by atoms with Crippen molar-refractivity contribution in [3.8, 4) is 11.3 Å². The Morgan fingerprint density at radius 1 is 1.00 bits per heavy atom. The number of fused-ring (bicyclic) bond motifs is 2. The van der Waals surface area contributed by atoms with Crippen LogP contribution in [-0.2, 0) is 12.8 Å². The molecule has 1 aliphatic carbocycles. The molecule has 1 saturated heterocycles. The van der Waals surface area contributed by atoms with Gasteiger partial charge >= 0.3 is 0 Å². The molecule has 0 radical (unpaired) electrons. The summed E-state index contributed by atoms with van der Waals surface area (Å²) in [5.41, 5.74) is 5.12. The topological polar surface area (TPSA) is 62.7 Å². The van der Waals surface area contributed by atoms with E-state index in [2.05, 4.69) is 28.1 Å². The summed E-state index contributed by atoms with van der Waals surface area (Å²) >= 11 is 0. The molecule has 2 aliphatic rings. The van der Waals surface area contributed by atoms with Crippen LogP contribution in [-0.4, -0.2) is 49.1 Å². The third kappa shape index (κ3) is 2.90. The molecule has 0 saturated carbocycles. The predicted octanol–water partition coefficient (Wildman–Crippen LogP) is 4.17. The van der Waals surface area contributed by atoms with Crippen LogP contribution in [0.15, 0.2) is 57.7 Å². The lowest BCUT2D eigenvalue weighted by molar-refractivity contribution is 0.103. The smallest absolute Gasteiger partial charge is 0.194 e. The Labute approximate surface area is 180 Å². The molecular formula is C25H23N3O3. The van der Waals surface area contributed by atoms with Crippen LogP contribution < -0.4 is 4.90 Å². The van der Waals surface area contributed by atoms with E-state index in [1.54, 1.807) is 6.26 Å². The van der Waals surface area contributed by atoms with E-state index >= 15 is 0 Å². The molecule has 2 aromatic heterocycles. The molecule has 0 unspecified atom stereocenters. The first-order valence-electron chi connectivity index (χ1n) is 10.8. The van der Waals surface area contributed by atoms with Gasteiger partial charge in [0.05, 0.1) is 17.3 Å². The number of nitrogens with zero attached hydrogens (tertiary/aromatic N) is 3. The Kier molecular flexibility index (Phi) is 4.21. The lowest BCUT2D eigenvalue weighted by Crippen LogP contribution is -2.44. The summed E-state index contributed by atoms with van der Waals surface area (Å²) in [7, 11) is 2.15. The van der Waals surface area contributed by atoms with Crippen molar-refractivity contribution in [1.82, 2.24) is 10.1 Å². The number of aromatic nitrogens is 1. The number of rotatable bonds is 4. The third-order valence-corrected chi connectivity index (χ3v) is 6.52. The van der Waals surface area contributed by atoms with Crippen molar-refractivity contribution in [2.24, 2.45) is 0 Å². The van der Waals surface area contributed by atoms with E-state index in [4.69, 9.17) is 8.94 Å². The molecule has 156 valence electrons. The van der Waals surface area contributed by atoms with Crippen LogP contribution in [0.1, 0.15) is 27.2 Å². The van der Waals surface area contributed by atoms with E-state index in [0.29, 0.717) is 11.3 Å². The lowest BCUT2D eigenvalue weighted by atomic mass is 9.83. The van der Waals surface area contributed by atoms with E-state index in [0.717, 1.165) is 78.1 Å². The SMILES string of the molecule is CN1CCN(c2cc(CCc3ccco3)c3c4c(onc24)-c2ccccc2C3=O)CC1. The van der Waals surface area contributed by atoms with Crippen LogP contribution in [0.2, 0.25) is 0 Å². The van der Waals surface area contributed by atoms with E-state index < -0.39 is 0 Å². The number of benzene rings is 2. The van der Waals surface area contributed by atoms with E-state index in [1.165, 1.54) is 0 Å². The third-order valence-electron chi connectivity index (χ3n) is 6.52. The number of hydrogen-bond acceptors (Lipinski definition) is 6. The predicted molar refractivity (Wildman–Crippen MR) is 119 cm³/mol. The molecule has 6 nitrogen and oxygen atoms in total. The second-order valence-corrected chi connectivity index (χ2v) is 8.41. The van der Waals surface area contributed by atoms with Crippen molar-refractivity contribution in [2.75, 3.05) is 38.1 Å². The van der Waals surface area contributed by atoms with Gasteiger partial charge in [0.2, 0.25) is 0 Å². The molecule has 4 aromatic rings. The van der Waals surface area contributed by atoms with Gasteiger partial charge in [0.1, 0.15) is 11.3 Å². The fraction of sp³-hybridized carbons (Fsp3) is 0.280. The van der Waals surface area contributed by atoms with Gasteiger partial charge in [-0.15, -0.1) is 0 Å². The number of carbonyl (C=O) groups is 1. The fourth-order valence-corrected chi connectivity index (χ4v) is 4.82. The summed E-state index contributed by atoms with van der Waals surface area (Å²) in [4.78, 5) is 18.3. The van der Waals surface area contributed by atoms with Gasteiger partial charge in [0.15, 0.2) is 11.5 Å². The molecule has 3 heterocycles. The maximum Gasteiger partial charge on any atom is 0.194 e. The lowest BCUT2D eigenvalue weighted by Gasteiger charge is -2.34. The number of hydrogen-bond donors (Lipinski definition) is 0. The number of piperazine rings is 1. The summed E-state index contributed by atoms with van der Waals surface area (Å²) in [6.45, 7) is 3.85. The molecule has 0 amide bonds. The zero-order valence-corrected chi connectivity index (χ0v) is 17.4. The Bertz CT molecular complexity index is 1280. The summed E-state index contributed by atoms with van der Waals surface area (Å²) in [6, 6.07) is 13.7. The molecule has 0 N–H and O–H groups in total. The Balaban J connectivity index is 1.54. The van der Waals surface area contributed by atoms with E-state index in [1.807, 2.05) is 36.4 Å². The average Bonchev–Trinajstić information content (AvgIpc) is 3.47. The van der Waals surface area contributed by atoms with Crippen LogP contribution in [0.3, 0.4) is 0 Å². The molecule has 6 heteroatoms. The van der Waals surface area contributed by atoms with Crippen LogP contribution in [0.4, 0.5) is 5.69 Å². The van der Waals surface area contributed by atoms with Gasteiger partial charge in [0.25, 0.3) is 0 Å². The second kappa shape index (κ2) is 7.10. The summed E-state index contributed by atoms with van der Waals surface area (Å²) in [6.07, 6.45) is 3.15. The Hall–Kier alpha value is -3.38. The maximum atomic E-state index is 13.6. The number of likely N-dealkylation sites (N-methyl/N-ethyl adjacent to an activating group) is 1. The Morgan fingerprint density at radius 3 is 2.58 bits per heavy atom. The monoisotopic (exact) mass is 413 g/mol. The van der Waals surface area contributed by atoms with Crippen molar-refractivity contribution in [1.29, 1.82) is 0 Å². The highest BCUT2D eigenvalue weighted by Gasteiger charge is 2.33. The van der Waals surface area contributed by atoms with Crippen molar-refractivity contribution >= 4 is 22.4 Å². The van der Waals surface area contributed by atoms with Crippen molar-refractivity contribution in [2.45, 2.75) is 12.8 Å². The van der Waals surface area contributed by atoms with Crippen LogP contribution in [0.25, 0.3) is 22.2 Å². The van der Waals surface area contributed by atoms with Gasteiger partial charge in [-0.1, -0.05) is 29.4 Å². The summed E-state index contributed by atoms with van der Waals surface area (Å²) < 4.78 is 11.4. The van der Waals surface area contributed by atoms with Gasteiger partial charge in [-0.05, 0) is 37.2 Å². The van der Waals surface area contributed by atoms with Gasteiger partial charge in [-0.25, -0.2) is 0 Å². The van der Waals surface area contributed by atoms with Crippen molar-refractivity contribution < 1.29 is 13.7 Å². The minimum Gasteiger partial charge on any atom is -0.469 e. The normalized spacial score (nSPS) is 16.2. The number of carbonyl (C=O) groups excluding carboxylic acids is 1. The molecule has 1 fully saturated rings. The van der Waals surface area contributed by atoms with Gasteiger partial charge in [-0.3, -0.25) is 4.79 Å². The molecule has 0 atom stereocenters. The van der Waals surface area contributed by atoms with E-state index in [-0.39, 0.29) is 5.78 Å². The molecule has 31 heavy (non-hydrogen) atoms. The van der Waals surface area contributed by atoms with Crippen LogP contribution in [0, 0.1) is 0 Å². The highest BCUT2D eigenvalue weighted by Crippen LogP contribution is 2.44. The summed E-state index contributed by atoms with van der Waals surface area (Å²) in [5, 5.41) is 5.32. The van der Waals surface area contributed by atoms with Gasteiger partial charge in [0, 0.05) is 49.3 Å². The van der Waals surface area contributed by atoms with Crippen molar-refractivity contribution in [3.63, 3.8) is 0 Å². The fourth-order valence-electron chi connectivity index (χ4n) is 4.82. The molecular weight excluding hydrogens is 390 g/mol. The van der Waals surface area contributed by atoms with Crippen LogP contribution >= 0.6 is 0 Å². The number of aryl methyl sites for hydroxylation is 2. The first kappa shape index (κ1) is 18.4. The van der Waals surface area contributed by atoms with Gasteiger partial charge in [-0.2, -0.15) is 0 Å². The molecule has 2 aromatic carbocycles. The first-order chi connectivity index (χ1) is 15.2. The zero-order chi connectivity index (χ0) is 20.9. The number of furan rings is 1. The molecule has 0 spiro atoms. The number of anilines is 1.